The smallest absolute Gasteiger partial charge is 0.262 e. The molecule has 1 saturated carbocycles. The average Bonchev–Trinajstić information content (AvgIpc) is 3.28. The molecule has 1 unspecified atom stereocenters. The van der Waals surface area contributed by atoms with Gasteiger partial charge in [0, 0.05) is 67.3 Å². The summed E-state index contributed by atoms with van der Waals surface area (Å²) in [6.07, 6.45) is 14.9. The maximum atomic E-state index is 14.1. The van der Waals surface area contributed by atoms with E-state index < -0.39 is 15.3 Å². The van der Waals surface area contributed by atoms with Crippen molar-refractivity contribution < 1.29 is 18.5 Å². The number of carbonyl (C=O) groups is 1. The lowest BCUT2D eigenvalue weighted by molar-refractivity contribution is -0.0933. The van der Waals surface area contributed by atoms with Crippen LogP contribution in [0.1, 0.15) is 78.7 Å². The largest absolute Gasteiger partial charge is 0.490 e. The Labute approximate surface area is 319 Å². The molecule has 1 amide bonds. The summed E-state index contributed by atoms with van der Waals surface area (Å²) in [6, 6.07) is 12.0. The number of hydrogen-bond acceptors (Lipinski definition) is 8. The molecule has 0 radical (unpaired) electrons. The van der Waals surface area contributed by atoms with E-state index in [1.165, 1.54) is 16.7 Å². The lowest BCUT2D eigenvalue weighted by atomic mass is 9.63. The molecule has 4 heterocycles. The number of benzene rings is 2. The lowest BCUT2D eigenvalue weighted by Gasteiger charge is -2.52. The highest BCUT2D eigenvalue weighted by molar-refractivity contribution is 7.99. The Kier molecular flexibility index (Phi) is 9.88. The van der Waals surface area contributed by atoms with Crippen molar-refractivity contribution in [2.24, 2.45) is 17.8 Å². The standard InChI is InChI=1S/C42H52ClN5O4S/c1-28-7-5-17-42(51-3,25-47-18-15-32-21-44-27-45-37(32)23-47)36-12-9-33(36)22-48-24-41(16-6-8-30-19-34(43)11-13-35(30)41)26-52-39-14-10-31(20-38(39)48)40(49)46-53(4,50)29(28)2/h5,10-11,13-14,17,19-21,27-29,33,36H,4,6-9,12,15-16,18,22-26H2,1-3H3,(H,46,49,50)/b17-5+/t28-,29+,33-,36+,41-,42+,53?/m0/s1. The van der Waals surface area contributed by atoms with E-state index >= 15 is 0 Å². The van der Waals surface area contributed by atoms with Crippen molar-refractivity contribution in [3.8, 4) is 5.75 Å². The molecule has 1 spiro atoms. The van der Waals surface area contributed by atoms with Gasteiger partial charge in [-0.2, -0.15) is 0 Å². The van der Waals surface area contributed by atoms with Gasteiger partial charge in [-0.25, -0.2) is 14.2 Å². The van der Waals surface area contributed by atoms with Gasteiger partial charge in [0.05, 0.1) is 27.7 Å². The number of carbonyl (C=O) groups excluding carboxylic acids is 1. The van der Waals surface area contributed by atoms with Gasteiger partial charge in [-0.1, -0.05) is 36.7 Å². The van der Waals surface area contributed by atoms with Gasteiger partial charge < -0.3 is 14.4 Å². The molecule has 282 valence electrons. The van der Waals surface area contributed by atoms with Crippen LogP contribution in [0.3, 0.4) is 0 Å². The molecule has 11 heteroatoms. The monoisotopic (exact) mass is 757 g/mol. The zero-order valence-corrected chi connectivity index (χ0v) is 32.8. The lowest BCUT2D eigenvalue weighted by Crippen LogP contribution is -2.57. The number of rotatable bonds is 3. The molecule has 3 aliphatic heterocycles. The van der Waals surface area contributed by atoms with Crippen molar-refractivity contribution in [2.75, 3.05) is 44.8 Å². The summed E-state index contributed by atoms with van der Waals surface area (Å²) in [4.78, 5) is 27.7. The summed E-state index contributed by atoms with van der Waals surface area (Å²) >= 11 is 6.52. The normalized spacial score (nSPS) is 33.7. The number of methoxy groups -OCH3 is 1. The summed E-state index contributed by atoms with van der Waals surface area (Å²) in [5.74, 6) is 5.08. The van der Waals surface area contributed by atoms with Gasteiger partial charge >= 0.3 is 0 Å². The molecule has 2 bridgehead atoms. The zero-order chi connectivity index (χ0) is 37.0. The summed E-state index contributed by atoms with van der Waals surface area (Å²) in [5.41, 5.74) is 5.49. The van der Waals surface area contributed by atoms with Crippen LogP contribution in [0.15, 0.2) is 61.1 Å². The molecule has 9 nitrogen and oxygen atoms in total. The number of nitrogens with one attached hydrogen (secondary N) is 1. The number of hydrogen-bond donors (Lipinski definition) is 1. The van der Waals surface area contributed by atoms with Crippen molar-refractivity contribution in [1.82, 2.24) is 19.6 Å². The first-order valence-corrected chi connectivity index (χ1v) is 21.4. The first-order chi connectivity index (χ1) is 25.5. The van der Waals surface area contributed by atoms with E-state index in [0.717, 1.165) is 93.4 Å². The Balaban J connectivity index is 1.20. The Morgan fingerprint density at radius 1 is 1.15 bits per heavy atom. The topological polar surface area (TPSA) is 96.9 Å². The summed E-state index contributed by atoms with van der Waals surface area (Å²) < 4.78 is 30.4. The predicted octanol–water partition coefficient (Wildman–Crippen LogP) is 6.42. The number of fused-ring (bicyclic) bond motifs is 5. The summed E-state index contributed by atoms with van der Waals surface area (Å²) in [7, 11) is -1.11. The Hall–Kier alpha value is -3.44. The molecule has 0 saturated heterocycles. The fraction of sp³-hybridized carbons (Fsp3) is 0.524. The first-order valence-electron chi connectivity index (χ1n) is 19.2. The molecule has 53 heavy (non-hydrogen) atoms. The number of aromatic nitrogens is 2. The van der Waals surface area contributed by atoms with E-state index in [1.54, 1.807) is 12.4 Å². The van der Waals surface area contributed by atoms with Crippen molar-refractivity contribution >= 4 is 38.8 Å². The molecule has 8 rings (SSSR count). The molecule has 1 N–H and O–H groups in total. The van der Waals surface area contributed by atoms with Crippen LogP contribution in [0.25, 0.3) is 0 Å². The highest BCUT2D eigenvalue weighted by atomic mass is 35.5. The third-order valence-electron chi connectivity index (χ3n) is 13.2. The molecule has 1 fully saturated rings. The van der Waals surface area contributed by atoms with E-state index in [2.05, 4.69) is 61.6 Å². The van der Waals surface area contributed by atoms with Gasteiger partial charge in [-0.15, -0.1) is 0 Å². The van der Waals surface area contributed by atoms with Crippen LogP contribution in [0, 0.1) is 17.8 Å². The van der Waals surface area contributed by atoms with E-state index in [9.17, 15) is 9.00 Å². The second kappa shape index (κ2) is 14.3. The number of allylic oxidation sites excluding steroid dienone is 1. The van der Waals surface area contributed by atoms with Gasteiger partial charge in [-0.3, -0.25) is 14.4 Å². The van der Waals surface area contributed by atoms with Crippen LogP contribution >= 0.6 is 11.6 Å². The second-order valence-electron chi connectivity index (χ2n) is 16.3. The van der Waals surface area contributed by atoms with Crippen molar-refractivity contribution in [1.29, 1.82) is 0 Å². The van der Waals surface area contributed by atoms with Crippen LogP contribution < -0.4 is 14.4 Å². The van der Waals surface area contributed by atoms with E-state index in [-0.39, 0.29) is 28.4 Å². The first kappa shape index (κ1) is 36.5. The number of halogens is 1. The molecule has 3 aromatic rings. The van der Waals surface area contributed by atoms with Crippen molar-refractivity contribution in [3.05, 3.63) is 94.0 Å². The van der Waals surface area contributed by atoms with E-state index in [0.29, 0.717) is 24.5 Å². The third kappa shape index (κ3) is 6.90. The van der Waals surface area contributed by atoms with Gasteiger partial charge in [-0.05, 0) is 123 Å². The SMILES string of the molecule is C=S1(=O)NC(=O)c2ccc3c(c2)N(C[C@@H]2CC[C@H]2[C@@](CN2CCc4cncnc4C2)(OC)/C=C/C[C@H](C)[C@H]1C)C[C@@]1(CCCc2cc(Cl)ccc21)CO3. The quantitative estimate of drug-likeness (QED) is 0.242. The highest BCUT2D eigenvalue weighted by Gasteiger charge is 2.50. The maximum absolute atomic E-state index is 14.1. The fourth-order valence-corrected chi connectivity index (χ4v) is 11.4. The molecule has 1 aromatic heterocycles. The summed E-state index contributed by atoms with van der Waals surface area (Å²) in [5, 5.41) is 0.409. The Morgan fingerprint density at radius 3 is 2.83 bits per heavy atom. The minimum atomic E-state index is -2.97. The molecular weight excluding hydrogens is 706 g/mol. The van der Waals surface area contributed by atoms with Gasteiger partial charge in [0.15, 0.2) is 0 Å². The maximum Gasteiger partial charge on any atom is 0.262 e. The minimum Gasteiger partial charge on any atom is -0.490 e. The summed E-state index contributed by atoms with van der Waals surface area (Å²) in [6.45, 7) is 8.53. The van der Waals surface area contributed by atoms with Crippen LogP contribution in [0.2, 0.25) is 5.02 Å². The Bertz CT molecular complexity index is 2020. The van der Waals surface area contributed by atoms with Crippen molar-refractivity contribution in [3.63, 3.8) is 0 Å². The number of anilines is 1. The van der Waals surface area contributed by atoms with Crippen LogP contribution in [-0.4, -0.2) is 81.6 Å². The predicted molar refractivity (Wildman–Crippen MR) is 212 cm³/mol. The highest BCUT2D eigenvalue weighted by Crippen LogP contribution is 2.49. The van der Waals surface area contributed by atoms with E-state index in [4.69, 9.17) is 21.1 Å². The number of ether oxygens (including phenoxy) is 2. The molecule has 7 atom stereocenters. The molecule has 2 aliphatic carbocycles. The minimum absolute atomic E-state index is 0.00939. The second-order valence-corrected chi connectivity index (χ2v) is 19.2. The third-order valence-corrected chi connectivity index (χ3v) is 15.6. The molecule has 5 aliphatic rings. The Morgan fingerprint density at radius 2 is 2.02 bits per heavy atom. The van der Waals surface area contributed by atoms with Crippen LogP contribution in [-0.2, 0) is 39.2 Å². The number of aryl methyl sites for hydroxylation is 1. The van der Waals surface area contributed by atoms with Crippen LogP contribution in [0.5, 0.6) is 5.75 Å². The van der Waals surface area contributed by atoms with Crippen LogP contribution in [0.4, 0.5) is 5.69 Å². The van der Waals surface area contributed by atoms with Gasteiger partial charge in [0.1, 0.15) is 17.7 Å². The fourth-order valence-electron chi connectivity index (χ4n) is 9.69. The average molecular weight is 758 g/mol. The van der Waals surface area contributed by atoms with E-state index in [1.807, 2.05) is 38.4 Å². The van der Waals surface area contributed by atoms with Gasteiger partial charge in [0.2, 0.25) is 0 Å². The number of amides is 1. The van der Waals surface area contributed by atoms with Crippen molar-refractivity contribution in [2.45, 2.75) is 81.6 Å². The number of nitrogens with zero attached hydrogens (tertiary/aromatic N) is 4. The zero-order valence-electron chi connectivity index (χ0n) is 31.2. The molecule has 2 aromatic carbocycles. The molecular formula is C42H52ClN5O4S. The van der Waals surface area contributed by atoms with Gasteiger partial charge in [0.25, 0.3) is 5.91 Å².